The second-order valence-corrected chi connectivity index (χ2v) is 15.1. The molecular weight excluding hydrogens is 600 g/mol. The van der Waals surface area contributed by atoms with E-state index in [-0.39, 0.29) is 11.1 Å². The third kappa shape index (κ3) is 6.87. The van der Waals surface area contributed by atoms with Gasteiger partial charge in [-0.2, -0.15) is 9.40 Å². The van der Waals surface area contributed by atoms with Gasteiger partial charge >= 0.3 is 0 Å². The lowest BCUT2D eigenvalue weighted by Gasteiger charge is -2.34. The molecule has 4 aromatic rings. The zero-order valence-electron chi connectivity index (χ0n) is 27.0. The molecular formula is C33H44N10O2S. The number of imidazole rings is 1. The number of sulfonamides is 1. The highest BCUT2D eigenvalue weighted by molar-refractivity contribution is 7.89. The number of piperidine rings is 1. The van der Waals surface area contributed by atoms with Gasteiger partial charge in [-0.05, 0) is 68.2 Å². The van der Waals surface area contributed by atoms with E-state index in [1.807, 2.05) is 30.2 Å². The molecule has 1 aliphatic carbocycles. The molecule has 2 saturated heterocycles. The maximum atomic E-state index is 13.0. The Bertz CT molecular complexity index is 1780. The fourth-order valence-electron chi connectivity index (χ4n) is 6.58. The Kier molecular flexibility index (Phi) is 8.66. The number of piperazine rings is 1. The molecule has 13 heteroatoms. The van der Waals surface area contributed by atoms with Crippen LogP contribution in [-0.4, -0.2) is 104 Å². The van der Waals surface area contributed by atoms with Crippen LogP contribution < -0.4 is 5.32 Å². The lowest BCUT2D eigenvalue weighted by Crippen LogP contribution is -2.46. The minimum Gasteiger partial charge on any atom is -0.351 e. The topological polar surface area (TPSA) is 117 Å². The zero-order valence-corrected chi connectivity index (χ0v) is 27.8. The van der Waals surface area contributed by atoms with Crippen LogP contribution in [0.25, 0.3) is 16.9 Å². The van der Waals surface area contributed by atoms with Gasteiger partial charge in [0.2, 0.25) is 5.95 Å². The van der Waals surface area contributed by atoms with Crippen LogP contribution in [0.4, 0.5) is 5.95 Å². The standard InChI is InChI=1S/C33H44N10O2S/c1-24-16-27(20-41-14-12-40(13-15-41)19-26-4-5-26)6-7-30(24)43-21-28(18-36-43)32-25(2)17-34-33(38-32)37-29-8-10-42(11-9-29)46(44,45)31-22-39(3)23-35-31/h6-7,16-18,21-23,26,29H,4-5,8-15,19-20H2,1-3H3,(H,34,37,38). The van der Waals surface area contributed by atoms with Gasteiger partial charge < -0.3 is 14.8 Å². The Hall–Kier alpha value is -3.65. The Morgan fingerprint density at radius 3 is 2.35 bits per heavy atom. The Morgan fingerprint density at radius 1 is 0.891 bits per heavy atom. The smallest absolute Gasteiger partial charge is 0.262 e. The van der Waals surface area contributed by atoms with Gasteiger partial charge in [0.15, 0.2) is 5.03 Å². The molecule has 0 radical (unpaired) electrons. The summed E-state index contributed by atoms with van der Waals surface area (Å²) in [6.45, 7) is 11.9. The van der Waals surface area contributed by atoms with Crippen molar-refractivity contribution in [3.8, 4) is 16.9 Å². The quantitative estimate of drug-likeness (QED) is 0.277. The number of hydrogen-bond acceptors (Lipinski definition) is 9. The number of aromatic nitrogens is 6. The first-order chi connectivity index (χ1) is 22.2. The molecule has 0 bridgehead atoms. The normalized spacial score (nSPS) is 19.1. The van der Waals surface area contributed by atoms with Crippen LogP contribution >= 0.6 is 0 Å². The molecule has 244 valence electrons. The summed E-state index contributed by atoms with van der Waals surface area (Å²) in [4.78, 5) is 18.6. The molecule has 1 aromatic carbocycles. The van der Waals surface area contributed by atoms with Crippen LogP contribution in [0.1, 0.15) is 42.4 Å². The molecule has 1 N–H and O–H groups in total. The number of benzene rings is 1. The predicted molar refractivity (Wildman–Crippen MR) is 177 cm³/mol. The average molecular weight is 645 g/mol. The Balaban J connectivity index is 0.969. The number of nitrogens with zero attached hydrogens (tertiary/aromatic N) is 9. The average Bonchev–Trinajstić information content (AvgIpc) is 3.52. The van der Waals surface area contributed by atoms with Gasteiger partial charge in [0.25, 0.3) is 10.0 Å². The highest BCUT2D eigenvalue weighted by atomic mass is 32.2. The van der Waals surface area contributed by atoms with Crippen LogP contribution in [0, 0.1) is 19.8 Å². The molecule has 7 rings (SSSR count). The summed E-state index contributed by atoms with van der Waals surface area (Å²) in [7, 11) is -1.83. The third-order valence-electron chi connectivity index (χ3n) is 9.49. The molecule has 3 fully saturated rings. The number of hydrogen-bond donors (Lipinski definition) is 1. The van der Waals surface area contributed by atoms with Gasteiger partial charge in [-0.1, -0.05) is 12.1 Å². The monoisotopic (exact) mass is 644 g/mol. The van der Waals surface area contributed by atoms with E-state index in [0.717, 1.165) is 48.1 Å². The summed E-state index contributed by atoms with van der Waals surface area (Å²) in [6, 6.07) is 6.76. The fraction of sp³-hybridized carbons (Fsp3) is 0.515. The third-order valence-corrected chi connectivity index (χ3v) is 11.3. The second kappa shape index (κ2) is 12.9. The lowest BCUT2D eigenvalue weighted by atomic mass is 10.1. The van der Waals surface area contributed by atoms with E-state index in [0.29, 0.717) is 31.9 Å². The molecule has 1 saturated carbocycles. The first-order valence-electron chi connectivity index (χ1n) is 16.4. The van der Waals surface area contributed by atoms with Gasteiger partial charge in [-0.3, -0.25) is 4.90 Å². The maximum Gasteiger partial charge on any atom is 0.262 e. The molecule has 5 heterocycles. The molecule has 3 aliphatic rings. The lowest BCUT2D eigenvalue weighted by molar-refractivity contribution is 0.123. The molecule has 3 aromatic heterocycles. The number of nitrogens with one attached hydrogen (secondary N) is 1. The maximum absolute atomic E-state index is 13.0. The SMILES string of the molecule is Cc1cc(CN2CCN(CC3CC3)CC2)ccc1-n1cc(-c2nc(NC3CCN(S(=O)(=O)c4cn(C)cn4)CC3)ncc2C)cn1. The molecule has 0 atom stereocenters. The minimum absolute atomic E-state index is 0.0706. The van der Waals surface area contributed by atoms with E-state index >= 15 is 0 Å². The van der Waals surface area contributed by atoms with Crippen LogP contribution in [0.5, 0.6) is 0 Å². The van der Waals surface area contributed by atoms with Crippen LogP contribution in [0.3, 0.4) is 0 Å². The van der Waals surface area contributed by atoms with Crippen molar-refractivity contribution in [3.63, 3.8) is 0 Å². The number of rotatable bonds is 10. The van der Waals surface area contributed by atoms with Crippen LogP contribution in [0.15, 0.2) is 54.3 Å². The Morgan fingerprint density at radius 2 is 1.65 bits per heavy atom. The summed E-state index contributed by atoms with van der Waals surface area (Å²) in [5.41, 5.74) is 6.30. The van der Waals surface area contributed by atoms with E-state index in [2.05, 4.69) is 50.2 Å². The van der Waals surface area contributed by atoms with Crippen molar-refractivity contribution in [1.29, 1.82) is 0 Å². The van der Waals surface area contributed by atoms with E-state index in [4.69, 9.17) is 10.1 Å². The molecule has 0 unspecified atom stereocenters. The van der Waals surface area contributed by atoms with Gasteiger partial charge in [-0.15, -0.1) is 0 Å². The first kappa shape index (κ1) is 31.0. The summed E-state index contributed by atoms with van der Waals surface area (Å²) < 4.78 is 31.0. The van der Waals surface area contributed by atoms with E-state index < -0.39 is 10.0 Å². The van der Waals surface area contributed by atoms with Crippen molar-refractivity contribution in [3.05, 3.63) is 66.0 Å². The van der Waals surface area contributed by atoms with E-state index in [1.54, 1.807) is 17.8 Å². The fourth-order valence-corrected chi connectivity index (χ4v) is 8.02. The summed E-state index contributed by atoms with van der Waals surface area (Å²) in [6.07, 6.45) is 12.9. The summed E-state index contributed by atoms with van der Waals surface area (Å²) in [5, 5.41) is 8.23. The zero-order chi connectivity index (χ0) is 31.8. The van der Waals surface area contributed by atoms with Crippen molar-refractivity contribution >= 4 is 16.0 Å². The highest BCUT2D eigenvalue weighted by Crippen LogP contribution is 2.30. The summed E-state index contributed by atoms with van der Waals surface area (Å²) >= 11 is 0. The largest absolute Gasteiger partial charge is 0.351 e. The van der Waals surface area contributed by atoms with Crippen LogP contribution in [-0.2, 0) is 23.6 Å². The molecule has 12 nitrogen and oxygen atoms in total. The molecule has 2 aliphatic heterocycles. The first-order valence-corrected chi connectivity index (χ1v) is 17.8. The van der Waals surface area contributed by atoms with Crippen molar-refractivity contribution in [2.24, 2.45) is 13.0 Å². The van der Waals surface area contributed by atoms with E-state index in [1.165, 1.54) is 54.2 Å². The summed E-state index contributed by atoms with van der Waals surface area (Å²) in [5.74, 6) is 1.50. The Labute approximate surface area is 271 Å². The van der Waals surface area contributed by atoms with Gasteiger partial charge in [0.1, 0.15) is 0 Å². The van der Waals surface area contributed by atoms with Crippen molar-refractivity contribution in [2.45, 2.75) is 57.1 Å². The number of anilines is 1. The highest BCUT2D eigenvalue weighted by Gasteiger charge is 2.31. The van der Waals surface area contributed by atoms with Gasteiger partial charge in [0, 0.05) is 89.6 Å². The molecule has 46 heavy (non-hydrogen) atoms. The van der Waals surface area contributed by atoms with Crippen molar-refractivity contribution < 1.29 is 8.42 Å². The van der Waals surface area contributed by atoms with Gasteiger partial charge in [0.05, 0.1) is 23.9 Å². The van der Waals surface area contributed by atoms with Crippen LogP contribution in [0.2, 0.25) is 0 Å². The van der Waals surface area contributed by atoms with Gasteiger partial charge in [-0.25, -0.2) is 28.1 Å². The number of aryl methyl sites for hydroxylation is 3. The van der Waals surface area contributed by atoms with E-state index in [9.17, 15) is 8.42 Å². The predicted octanol–water partition coefficient (Wildman–Crippen LogP) is 3.47. The van der Waals surface area contributed by atoms with Crippen molar-refractivity contribution in [1.82, 2.24) is 43.4 Å². The minimum atomic E-state index is -3.59. The van der Waals surface area contributed by atoms with Crippen molar-refractivity contribution in [2.75, 3.05) is 51.1 Å². The molecule has 0 spiro atoms. The molecule has 0 amide bonds. The second-order valence-electron chi connectivity index (χ2n) is 13.2.